The molecule has 4 aromatic rings. The molecule has 0 atom stereocenters. The van der Waals surface area contributed by atoms with E-state index in [-0.39, 0.29) is 5.91 Å². The number of hydrogen-bond acceptors (Lipinski definition) is 3. The van der Waals surface area contributed by atoms with E-state index in [0.717, 1.165) is 28.1 Å². The van der Waals surface area contributed by atoms with E-state index in [1.54, 1.807) is 24.3 Å². The Balaban J connectivity index is 1.57. The van der Waals surface area contributed by atoms with Crippen molar-refractivity contribution in [2.24, 2.45) is 0 Å². The highest BCUT2D eigenvalue weighted by Crippen LogP contribution is 2.31. The molecule has 4 nitrogen and oxygen atoms in total. The van der Waals surface area contributed by atoms with Crippen molar-refractivity contribution in [3.8, 4) is 22.6 Å². The first kappa shape index (κ1) is 20.7. The topological polar surface area (TPSA) is 46.1 Å². The number of carbonyl (C=O) groups is 1. The molecule has 1 aliphatic rings. The van der Waals surface area contributed by atoms with E-state index in [1.165, 1.54) is 0 Å². The molecule has 158 valence electrons. The molecular formula is C26H19Cl2N3O. The highest BCUT2D eigenvalue weighted by molar-refractivity contribution is 6.31. The van der Waals surface area contributed by atoms with Crippen LogP contribution in [0.25, 0.3) is 22.6 Å². The maximum atomic E-state index is 13.1. The van der Waals surface area contributed by atoms with Crippen molar-refractivity contribution in [1.82, 2.24) is 14.9 Å². The van der Waals surface area contributed by atoms with Gasteiger partial charge in [0.2, 0.25) is 0 Å². The highest BCUT2D eigenvalue weighted by Gasteiger charge is 2.27. The van der Waals surface area contributed by atoms with Crippen LogP contribution < -0.4 is 0 Å². The zero-order valence-corrected chi connectivity index (χ0v) is 18.6. The molecule has 0 bridgehead atoms. The minimum Gasteiger partial charge on any atom is -0.334 e. The predicted molar refractivity (Wildman–Crippen MR) is 128 cm³/mol. The lowest BCUT2D eigenvalue weighted by Crippen LogP contribution is -2.37. The summed E-state index contributed by atoms with van der Waals surface area (Å²) < 4.78 is 0. The molecule has 0 saturated heterocycles. The van der Waals surface area contributed by atoms with Crippen LogP contribution in [0.1, 0.15) is 21.6 Å². The maximum Gasteiger partial charge on any atom is 0.254 e. The Labute approximate surface area is 196 Å². The minimum atomic E-state index is -0.0426. The van der Waals surface area contributed by atoms with Gasteiger partial charge in [0.25, 0.3) is 5.91 Å². The van der Waals surface area contributed by atoms with Crippen LogP contribution in [0.3, 0.4) is 0 Å². The first-order chi connectivity index (χ1) is 15.6. The Bertz CT molecular complexity index is 1290. The van der Waals surface area contributed by atoms with Gasteiger partial charge in [0, 0.05) is 51.8 Å². The van der Waals surface area contributed by atoms with Crippen molar-refractivity contribution in [3.63, 3.8) is 0 Å². The molecule has 0 fully saturated rings. The summed E-state index contributed by atoms with van der Waals surface area (Å²) in [4.78, 5) is 24.8. The van der Waals surface area contributed by atoms with E-state index in [9.17, 15) is 4.79 Å². The van der Waals surface area contributed by atoms with Gasteiger partial charge in [0.1, 0.15) is 0 Å². The molecule has 1 amide bonds. The number of carbonyl (C=O) groups excluding carboxylic acids is 1. The van der Waals surface area contributed by atoms with Crippen LogP contribution in [0.2, 0.25) is 10.0 Å². The fraction of sp³-hybridized carbons (Fsp3) is 0.115. The van der Waals surface area contributed by atoms with Crippen LogP contribution in [0, 0.1) is 0 Å². The quantitative estimate of drug-likeness (QED) is 0.360. The summed E-state index contributed by atoms with van der Waals surface area (Å²) in [5.41, 5.74) is 5.30. The van der Waals surface area contributed by atoms with Crippen molar-refractivity contribution in [1.29, 1.82) is 0 Å². The molecule has 0 saturated carbocycles. The van der Waals surface area contributed by atoms with Gasteiger partial charge < -0.3 is 4.90 Å². The zero-order valence-electron chi connectivity index (χ0n) is 17.1. The molecule has 0 unspecified atom stereocenters. The van der Waals surface area contributed by atoms with Gasteiger partial charge >= 0.3 is 0 Å². The molecule has 2 heterocycles. The number of fused-ring (bicyclic) bond motifs is 1. The molecule has 32 heavy (non-hydrogen) atoms. The number of rotatable bonds is 3. The number of nitrogens with zero attached hydrogens (tertiary/aromatic N) is 3. The van der Waals surface area contributed by atoms with E-state index >= 15 is 0 Å². The smallest absolute Gasteiger partial charge is 0.254 e. The summed E-state index contributed by atoms with van der Waals surface area (Å²) in [5.74, 6) is 0.618. The molecule has 6 heteroatoms. The van der Waals surface area contributed by atoms with Gasteiger partial charge in [-0.25, -0.2) is 9.97 Å². The van der Waals surface area contributed by atoms with Crippen molar-refractivity contribution in [2.75, 3.05) is 6.54 Å². The SMILES string of the molecule is O=C(c1cccc(Cl)c1)N1CCc2nc(-c3ccc(Cl)cc3)nc(-c3ccccc3)c2C1. The number of amides is 1. The molecule has 1 aliphatic heterocycles. The number of halogens is 2. The van der Waals surface area contributed by atoms with Crippen molar-refractivity contribution in [3.05, 3.63) is 106 Å². The summed E-state index contributed by atoms with van der Waals surface area (Å²) >= 11 is 12.2. The molecule has 5 rings (SSSR count). The summed E-state index contributed by atoms with van der Waals surface area (Å²) in [5, 5.41) is 1.22. The molecular weight excluding hydrogens is 441 g/mol. The second-order valence-electron chi connectivity index (χ2n) is 7.68. The lowest BCUT2D eigenvalue weighted by Gasteiger charge is -2.30. The summed E-state index contributed by atoms with van der Waals surface area (Å²) in [6, 6.07) is 24.6. The van der Waals surface area contributed by atoms with Gasteiger partial charge in [-0.15, -0.1) is 0 Å². The number of benzene rings is 3. The van der Waals surface area contributed by atoms with Crippen LogP contribution in [-0.4, -0.2) is 27.3 Å². The Hall–Kier alpha value is -3.21. The average molecular weight is 460 g/mol. The summed E-state index contributed by atoms with van der Waals surface area (Å²) in [6.45, 7) is 1.04. The number of hydrogen-bond donors (Lipinski definition) is 0. The van der Waals surface area contributed by atoms with E-state index in [4.69, 9.17) is 33.2 Å². The van der Waals surface area contributed by atoms with Gasteiger partial charge in [-0.05, 0) is 42.5 Å². The van der Waals surface area contributed by atoms with Gasteiger partial charge in [-0.1, -0.05) is 59.6 Å². The third-order valence-electron chi connectivity index (χ3n) is 5.57. The molecule has 0 N–H and O–H groups in total. The van der Waals surface area contributed by atoms with Crippen LogP contribution in [0.5, 0.6) is 0 Å². The Morgan fingerprint density at radius 3 is 2.34 bits per heavy atom. The second-order valence-corrected chi connectivity index (χ2v) is 8.55. The summed E-state index contributed by atoms with van der Waals surface area (Å²) in [6.07, 6.45) is 0.657. The van der Waals surface area contributed by atoms with Crippen LogP contribution in [0.4, 0.5) is 0 Å². The van der Waals surface area contributed by atoms with Gasteiger partial charge in [0.15, 0.2) is 5.82 Å². The molecule has 1 aromatic heterocycles. The lowest BCUT2D eigenvalue weighted by atomic mass is 9.98. The first-order valence-corrected chi connectivity index (χ1v) is 11.1. The second kappa shape index (κ2) is 8.73. The fourth-order valence-corrected chi connectivity index (χ4v) is 4.27. The third kappa shape index (κ3) is 4.12. The van der Waals surface area contributed by atoms with Crippen molar-refractivity contribution < 1.29 is 4.79 Å². The van der Waals surface area contributed by atoms with E-state index in [0.29, 0.717) is 40.9 Å². The van der Waals surface area contributed by atoms with E-state index < -0.39 is 0 Å². The van der Waals surface area contributed by atoms with E-state index in [2.05, 4.69) is 0 Å². The van der Waals surface area contributed by atoms with Gasteiger partial charge in [-0.3, -0.25) is 4.79 Å². The maximum absolute atomic E-state index is 13.1. The average Bonchev–Trinajstić information content (AvgIpc) is 2.83. The first-order valence-electron chi connectivity index (χ1n) is 10.3. The largest absolute Gasteiger partial charge is 0.334 e. The minimum absolute atomic E-state index is 0.0426. The predicted octanol–water partition coefficient (Wildman–Crippen LogP) is 6.32. The molecule has 3 aromatic carbocycles. The molecule has 0 radical (unpaired) electrons. The Morgan fingerprint density at radius 1 is 0.812 bits per heavy atom. The number of aromatic nitrogens is 2. The zero-order chi connectivity index (χ0) is 22.1. The standard InChI is InChI=1S/C26H19Cl2N3O/c27-20-11-9-18(10-12-20)25-29-23-13-14-31(26(32)19-7-4-8-21(28)15-19)16-22(23)24(30-25)17-5-2-1-3-6-17/h1-12,15H,13-14,16H2. The van der Waals surface area contributed by atoms with Crippen LogP contribution in [-0.2, 0) is 13.0 Å². The van der Waals surface area contributed by atoms with Gasteiger partial charge in [0.05, 0.1) is 11.4 Å². The Kier molecular flexibility index (Phi) is 5.64. The third-order valence-corrected chi connectivity index (χ3v) is 6.06. The molecule has 0 aliphatic carbocycles. The Morgan fingerprint density at radius 2 is 1.59 bits per heavy atom. The lowest BCUT2D eigenvalue weighted by molar-refractivity contribution is 0.0733. The van der Waals surface area contributed by atoms with Gasteiger partial charge in [-0.2, -0.15) is 0 Å². The van der Waals surface area contributed by atoms with Crippen molar-refractivity contribution >= 4 is 29.1 Å². The van der Waals surface area contributed by atoms with Crippen LogP contribution >= 0.6 is 23.2 Å². The van der Waals surface area contributed by atoms with E-state index in [1.807, 2.05) is 59.5 Å². The normalized spacial score (nSPS) is 13.0. The monoisotopic (exact) mass is 459 g/mol. The fourth-order valence-electron chi connectivity index (χ4n) is 3.95. The summed E-state index contributed by atoms with van der Waals surface area (Å²) in [7, 11) is 0. The van der Waals surface area contributed by atoms with Crippen molar-refractivity contribution in [2.45, 2.75) is 13.0 Å². The molecule has 0 spiro atoms. The van der Waals surface area contributed by atoms with Crippen LogP contribution in [0.15, 0.2) is 78.9 Å². The highest BCUT2D eigenvalue weighted by atomic mass is 35.5.